The minimum Gasteiger partial charge on any atom is -0.483 e. The number of halogens is 2. The molecule has 0 bridgehead atoms. The van der Waals surface area contributed by atoms with E-state index in [1.807, 2.05) is 33.8 Å². The Kier molecular flexibility index (Phi) is 5.15. The van der Waals surface area contributed by atoms with E-state index in [9.17, 15) is 18.8 Å². The molecule has 1 aromatic carbocycles. The van der Waals surface area contributed by atoms with Gasteiger partial charge in [-0.05, 0) is 45.3 Å². The van der Waals surface area contributed by atoms with Crippen LogP contribution in [0.4, 0.5) is 8.78 Å². The lowest BCUT2D eigenvalue weighted by atomic mass is 9.78. The monoisotopic (exact) mass is 392 g/mol. The molecule has 6 nitrogen and oxygen atoms in total. The number of alkyl halides is 2. The van der Waals surface area contributed by atoms with Crippen molar-refractivity contribution in [3.63, 3.8) is 0 Å². The number of nitrogens with zero attached hydrogens (tertiary/aromatic N) is 2. The Bertz CT molecular complexity index is 794. The standard InChI is InChI=1S/C19H23BF2N2O4/c1-17(2)18(3,4)28-20(27-17)14-5-6-15(13(9-14)10-23)26-16-7-8-24(12-25)11-19(16,21)22/h5-6,9,12,16H,7-8,11H2,1-4H3/t16-/m0/s1. The number of ether oxygens (including phenoxy) is 1. The lowest BCUT2D eigenvalue weighted by Crippen LogP contribution is -2.53. The summed E-state index contributed by atoms with van der Waals surface area (Å²) in [6.45, 7) is 7.16. The summed E-state index contributed by atoms with van der Waals surface area (Å²) in [5.41, 5.74) is -0.325. The van der Waals surface area contributed by atoms with E-state index in [-0.39, 0.29) is 24.3 Å². The van der Waals surface area contributed by atoms with E-state index in [2.05, 4.69) is 0 Å². The molecular weight excluding hydrogens is 369 g/mol. The number of benzene rings is 1. The van der Waals surface area contributed by atoms with Crippen LogP contribution in [0, 0.1) is 11.3 Å². The van der Waals surface area contributed by atoms with Crippen molar-refractivity contribution in [2.75, 3.05) is 13.1 Å². The summed E-state index contributed by atoms with van der Waals surface area (Å²) in [6.07, 6.45) is -1.02. The highest BCUT2D eigenvalue weighted by Gasteiger charge is 2.52. The van der Waals surface area contributed by atoms with Crippen LogP contribution < -0.4 is 10.2 Å². The lowest BCUT2D eigenvalue weighted by Gasteiger charge is -2.36. The molecule has 0 radical (unpaired) electrons. The predicted octanol–water partition coefficient (Wildman–Crippen LogP) is 2.10. The third-order valence-electron chi connectivity index (χ3n) is 5.63. The van der Waals surface area contributed by atoms with Gasteiger partial charge in [0.2, 0.25) is 6.41 Å². The second kappa shape index (κ2) is 7.01. The molecule has 0 N–H and O–H groups in total. The number of likely N-dealkylation sites (tertiary alicyclic amines) is 1. The summed E-state index contributed by atoms with van der Waals surface area (Å²) in [5, 5.41) is 9.48. The van der Waals surface area contributed by atoms with Crippen molar-refractivity contribution in [2.24, 2.45) is 0 Å². The van der Waals surface area contributed by atoms with Crippen molar-refractivity contribution in [2.45, 2.75) is 57.3 Å². The Morgan fingerprint density at radius 3 is 2.46 bits per heavy atom. The molecule has 1 amide bonds. The van der Waals surface area contributed by atoms with E-state index < -0.39 is 36.9 Å². The molecule has 2 heterocycles. The van der Waals surface area contributed by atoms with Gasteiger partial charge in [-0.3, -0.25) is 4.79 Å². The molecule has 2 aliphatic heterocycles. The topological polar surface area (TPSA) is 71.8 Å². The largest absolute Gasteiger partial charge is 0.494 e. The van der Waals surface area contributed by atoms with Crippen molar-refractivity contribution < 1.29 is 27.6 Å². The Morgan fingerprint density at radius 1 is 1.29 bits per heavy atom. The number of nitriles is 1. The van der Waals surface area contributed by atoms with Gasteiger partial charge >= 0.3 is 13.0 Å². The highest BCUT2D eigenvalue weighted by molar-refractivity contribution is 6.62. The van der Waals surface area contributed by atoms with Crippen molar-refractivity contribution in [3.05, 3.63) is 23.8 Å². The average molecular weight is 392 g/mol. The molecule has 1 aromatic rings. The minimum atomic E-state index is -3.20. The smallest absolute Gasteiger partial charge is 0.483 e. The van der Waals surface area contributed by atoms with E-state index in [1.54, 1.807) is 6.07 Å². The molecule has 2 aliphatic rings. The number of carbonyl (C=O) groups is 1. The van der Waals surface area contributed by atoms with E-state index >= 15 is 0 Å². The van der Waals surface area contributed by atoms with Gasteiger partial charge in [-0.2, -0.15) is 5.26 Å². The lowest BCUT2D eigenvalue weighted by molar-refractivity contribution is -0.151. The summed E-state index contributed by atoms with van der Waals surface area (Å²) < 4.78 is 46.0. The number of hydrogen-bond acceptors (Lipinski definition) is 5. The fraction of sp³-hybridized carbons (Fsp3) is 0.579. The number of piperidine rings is 1. The molecule has 28 heavy (non-hydrogen) atoms. The summed E-state index contributed by atoms with van der Waals surface area (Å²) in [6, 6.07) is 6.67. The number of rotatable bonds is 4. The molecule has 0 aliphatic carbocycles. The van der Waals surface area contributed by atoms with Gasteiger partial charge in [-0.25, -0.2) is 8.78 Å². The zero-order chi connectivity index (χ0) is 20.7. The predicted molar refractivity (Wildman–Crippen MR) is 98.5 cm³/mol. The van der Waals surface area contributed by atoms with Crippen LogP contribution in [0.3, 0.4) is 0 Å². The van der Waals surface area contributed by atoms with Crippen LogP contribution in [0.15, 0.2) is 18.2 Å². The van der Waals surface area contributed by atoms with Crippen molar-refractivity contribution >= 4 is 19.0 Å². The normalized spacial score (nSPS) is 25.2. The second-order valence-electron chi connectivity index (χ2n) is 8.19. The first-order valence-electron chi connectivity index (χ1n) is 9.12. The van der Waals surface area contributed by atoms with E-state index in [0.29, 0.717) is 11.9 Å². The maximum absolute atomic E-state index is 14.3. The van der Waals surface area contributed by atoms with E-state index in [1.165, 1.54) is 12.1 Å². The molecule has 0 aromatic heterocycles. The van der Waals surface area contributed by atoms with Gasteiger partial charge < -0.3 is 18.9 Å². The van der Waals surface area contributed by atoms with Gasteiger partial charge in [0.25, 0.3) is 0 Å². The maximum Gasteiger partial charge on any atom is 0.494 e. The third-order valence-corrected chi connectivity index (χ3v) is 5.63. The van der Waals surface area contributed by atoms with Gasteiger partial charge in [-0.15, -0.1) is 0 Å². The fourth-order valence-corrected chi connectivity index (χ4v) is 3.20. The van der Waals surface area contributed by atoms with Gasteiger partial charge in [0.05, 0.1) is 23.3 Å². The highest BCUT2D eigenvalue weighted by atomic mass is 19.3. The Hall–Kier alpha value is -2.18. The molecule has 0 spiro atoms. The van der Waals surface area contributed by atoms with Crippen LogP contribution >= 0.6 is 0 Å². The van der Waals surface area contributed by atoms with E-state index in [0.717, 1.165) is 4.90 Å². The first-order chi connectivity index (χ1) is 13.0. The van der Waals surface area contributed by atoms with Crippen molar-refractivity contribution in [1.82, 2.24) is 4.90 Å². The maximum atomic E-state index is 14.3. The molecule has 2 saturated heterocycles. The van der Waals surface area contributed by atoms with Crippen molar-refractivity contribution in [1.29, 1.82) is 5.26 Å². The Labute approximate surface area is 163 Å². The molecule has 2 fully saturated rings. The van der Waals surface area contributed by atoms with Crippen LogP contribution in [0.5, 0.6) is 5.75 Å². The SMILES string of the molecule is CC1(C)OB(c2ccc(O[C@H]3CCN(C=O)CC3(F)F)c(C#N)c2)OC1(C)C. The number of amides is 1. The van der Waals surface area contributed by atoms with Gasteiger partial charge in [0.15, 0.2) is 6.10 Å². The molecule has 3 rings (SSSR count). The van der Waals surface area contributed by atoms with Gasteiger partial charge in [0.1, 0.15) is 11.8 Å². The Balaban J connectivity index is 1.80. The van der Waals surface area contributed by atoms with Crippen LogP contribution in [0.25, 0.3) is 0 Å². The average Bonchev–Trinajstić information content (AvgIpc) is 2.84. The van der Waals surface area contributed by atoms with Crippen LogP contribution in [-0.4, -0.2) is 54.7 Å². The first-order valence-corrected chi connectivity index (χ1v) is 9.12. The van der Waals surface area contributed by atoms with E-state index in [4.69, 9.17) is 14.0 Å². The molecule has 0 unspecified atom stereocenters. The molecule has 1 atom stereocenters. The fourth-order valence-electron chi connectivity index (χ4n) is 3.20. The summed E-state index contributed by atoms with van der Waals surface area (Å²) in [7, 11) is -0.663. The van der Waals surface area contributed by atoms with Gasteiger partial charge in [-0.1, -0.05) is 6.07 Å². The quantitative estimate of drug-likeness (QED) is 0.580. The molecule has 0 saturated carbocycles. The van der Waals surface area contributed by atoms with Crippen LogP contribution in [0.1, 0.15) is 39.7 Å². The molecule has 9 heteroatoms. The molecule has 150 valence electrons. The van der Waals surface area contributed by atoms with Crippen molar-refractivity contribution in [3.8, 4) is 11.8 Å². The zero-order valence-electron chi connectivity index (χ0n) is 16.4. The third kappa shape index (κ3) is 3.71. The van der Waals surface area contributed by atoms with Gasteiger partial charge in [0, 0.05) is 13.0 Å². The summed E-state index contributed by atoms with van der Waals surface area (Å²) in [4.78, 5) is 11.8. The van der Waals surface area contributed by atoms with Crippen LogP contribution in [-0.2, 0) is 14.1 Å². The first kappa shape index (κ1) is 20.6. The summed E-state index contributed by atoms with van der Waals surface area (Å²) >= 11 is 0. The number of carbonyl (C=O) groups excluding carboxylic acids is 1. The Morgan fingerprint density at radius 2 is 1.93 bits per heavy atom. The number of hydrogen-bond donors (Lipinski definition) is 0. The second-order valence-corrected chi connectivity index (χ2v) is 8.19. The van der Waals surface area contributed by atoms with Crippen LogP contribution in [0.2, 0.25) is 0 Å². The molecular formula is C19H23BF2N2O4. The highest BCUT2D eigenvalue weighted by Crippen LogP contribution is 2.37. The minimum absolute atomic E-state index is 0.0183. The summed E-state index contributed by atoms with van der Waals surface area (Å²) in [5.74, 6) is -3.12. The zero-order valence-corrected chi connectivity index (χ0v) is 16.4.